The molecule has 0 saturated carbocycles. The van der Waals surface area contributed by atoms with Crippen molar-refractivity contribution >= 4 is 51.9 Å². The molecule has 9 heteroatoms. The van der Waals surface area contributed by atoms with Crippen molar-refractivity contribution in [3.63, 3.8) is 0 Å². The third-order valence-corrected chi connectivity index (χ3v) is 5.52. The number of fused-ring (bicyclic) bond motifs is 1. The highest BCUT2D eigenvalue weighted by molar-refractivity contribution is 7.80. The first-order chi connectivity index (χ1) is 17.6. The molecule has 4 aromatic rings. The number of benzene rings is 3. The first-order valence-electron chi connectivity index (χ1n) is 11.0. The van der Waals surface area contributed by atoms with Crippen molar-refractivity contribution in [2.24, 2.45) is 0 Å². The predicted octanol–water partition coefficient (Wildman–Crippen LogP) is 5.64. The smallest absolute Gasteiger partial charge is 0.203 e. The van der Waals surface area contributed by atoms with Crippen molar-refractivity contribution in [1.29, 1.82) is 0 Å². The lowest BCUT2D eigenvalue weighted by Gasteiger charge is -2.14. The lowest BCUT2D eigenvalue weighted by Crippen LogP contribution is -2.20. The minimum Gasteiger partial charge on any atom is -0.495 e. The fourth-order valence-corrected chi connectivity index (χ4v) is 3.85. The Hall–Kier alpha value is -4.37. The van der Waals surface area contributed by atoms with Crippen molar-refractivity contribution in [3.05, 3.63) is 72.1 Å². The van der Waals surface area contributed by atoms with Crippen molar-refractivity contribution in [2.45, 2.75) is 0 Å². The van der Waals surface area contributed by atoms with Gasteiger partial charge in [0.15, 0.2) is 22.4 Å². The summed E-state index contributed by atoms with van der Waals surface area (Å²) in [6, 6.07) is 19.0. The van der Waals surface area contributed by atoms with Crippen molar-refractivity contribution in [2.75, 3.05) is 39.1 Å². The van der Waals surface area contributed by atoms with Crippen LogP contribution in [-0.4, -0.2) is 43.5 Å². The molecule has 184 valence electrons. The molecule has 0 radical (unpaired) electrons. The van der Waals surface area contributed by atoms with E-state index in [1.165, 1.54) is 0 Å². The third-order valence-electron chi connectivity index (χ3n) is 5.32. The first kappa shape index (κ1) is 24.7. The van der Waals surface area contributed by atoms with Gasteiger partial charge in [0.1, 0.15) is 11.6 Å². The van der Waals surface area contributed by atoms with Gasteiger partial charge in [-0.05, 0) is 60.3 Å². The second-order valence-electron chi connectivity index (χ2n) is 7.52. The van der Waals surface area contributed by atoms with Crippen LogP contribution >= 0.6 is 12.2 Å². The average Bonchev–Trinajstić information content (AvgIpc) is 2.91. The largest absolute Gasteiger partial charge is 0.495 e. The summed E-state index contributed by atoms with van der Waals surface area (Å²) in [5.74, 6) is 3.42. The van der Waals surface area contributed by atoms with Gasteiger partial charge in [0.25, 0.3) is 0 Å². The highest BCUT2D eigenvalue weighted by atomic mass is 32.1. The molecule has 2 N–H and O–H groups in total. The molecule has 0 aliphatic rings. The molecule has 0 unspecified atom stereocenters. The molecule has 0 saturated heterocycles. The zero-order valence-electron chi connectivity index (χ0n) is 20.4. The van der Waals surface area contributed by atoms with Gasteiger partial charge in [0.2, 0.25) is 5.75 Å². The number of aromatic nitrogens is 2. The Bertz CT molecular complexity index is 1400. The number of ether oxygens (including phenoxy) is 4. The van der Waals surface area contributed by atoms with Crippen LogP contribution in [-0.2, 0) is 0 Å². The third kappa shape index (κ3) is 5.47. The molecule has 0 aliphatic heterocycles. The van der Waals surface area contributed by atoms with Crippen molar-refractivity contribution in [1.82, 2.24) is 9.97 Å². The molecule has 3 aromatic carbocycles. The van der Waals surface area contributed by atoms with Crippen LogP contribution in [0.5, 0.6) is 23.0 Å². The van der Waals surface area contributed by atoms with Crippen LogP contribution in [0.25, 0.3) is 23.1 Å². The van der Waals surface area contributed by atoms with E-state index in [2.05, 4.69) is 15.6 Å². The van der Waals surface area contributed by atoms with E-state index < -0.39 is 0 Å². The van der Waals surface area contributed by atoms with Gasteiger partial charge in [-0.1, -0.05) is 30.3 Å². The molecule has 4 rings (SSSR count). The van der Waals surface area contributed by atoms with Gasteiger partial charge < -0.3 is 29.6 Å². The van der Waals surface area contributed by atoms with Crippen molar-refractivity contribution < 1.29 is 18.9 Å². The molecule has 8 nitrogen and oxygen atoms in total. The number of nitrogens with one attached hydrogen (secondary N) is 2. The summed E-state index contributed by atoms with van der Waals surface area (Å²) in [4.78, 5) is 9.38. The highest BCUT2D eigenvalue weighted by Crippen LogP contribution is 2.38. The van der Waals surface area contributed by atoms with E-state index in [-0.39, 0.29) is 0 Å². The Morgan fingerprint density at radius 2 is 1.42 bits per heavy atom. The molecule has 0 aliphatic carbocycles. The predicted molar refractivity (Wildman–Crippen MR) is 147 cm³/mol. The fourth-order valence-electron chi connectivity index (χ4n) is 3.64. The topological polar surface area (TPSA) is 86.8 Å². The summed E-state index contributed by atoms with van der Waals surface area (Å²) in [5, 5.41) is 7.58. The number of hydrogen-bond donors (Lipinski definition) is 2. The van der Waals surface area contributed by atoms with Gasteiger partial charge in [0, 0.05) is 5.39 Å². The Morgan fingerprint density at radius 1 is 0.750 bits per heavy atom. The van der Waals surface area contributed by atoms with Gasteiger partial charge in [-0.15, -0.1) is 0 Å². The maximum absolute atomic E-state index is 5.56. The zero-order valence-corrected chi connectivity index (χ0v) is 21.2. The highest BCUT2D eigenvalue weighted by Gasteiger charge is 2.13. The number of nitrogens with zero attached hydrogens (tertiary/aromatic N) is 2. The number of rotatable bonds is 8. The summed E-state index contributed by atoms with van der Waals surface area (Å²) in [5.41, 5.74) is 2.36. The van der Waals surface area contributed by atoms with Crippen LogP contribution < -0.4 is 29.6 Å². The maximum Gasteiger partial charge on any atom is 0.203 e. The van der Waals surface area contributed by atoms with Gasteiger partial charge >= 0.3 is 0 Å². The molecule has 1 heterocycles. The summed E-state index contributed by atoms with van der Waals surface area (Å²) in [6.45, 7) is 0. The second-order valence-corrected chi connectivity index (χ2v) is 7.93. The van der Waals surface area contributed by atoms with E-state index in [9.17, 15) is 0 Å². The Balaban J connectivity index is 1.65. The number of para-hydroxylation sites is 3. The summed E-state index contributed by atoms with van der Waals surface area (Å²) in [7, 11) is 6.34. The van der Waals surface area contributed by atoms with E-state index in [1.54, 1.807) is 28.4 Å². The van der Waals surface area contributed by atoms with E-state index >= 15 is 0 Å². The fraction of sp³-hybridized carbons (Fsp3) is 0.148. The molecular formula is C27H26N4O4S. The molecule has 0 fully saturated rings. The lowest BCUT2D eigenvalue weighted by atomic mass is 10.1. The standard InChI is InChI=1S/C27H26N4O4S/c1-32-21-12-8-7-11-20(21)29-27(36)31-26-18-9-5-6-10-19(18)28-24(30-26)14-13-17-15-22(33-2)25(35-4)23(16-17)34-3/h5-16H,1-4H3,(H2,28,29,30,31,36)/b14-13+. The molecule has 1 aromatic heterocycles. The minimum absolute atomic E-state index is 0.378. The van der Waals surface area contributed by atoms with Gasteiger partial charge in [-0.2, -0.15) is 0 Å². The quantitative estimate of drug-likeness (QED) is 0.297. The van der Waals surface area contributed by atoms with E-state index in [0.29, 0.717) is 39.8 Å². The van der Waals surface area contributed by atoms with Crippen LogP contribution in [0.2, 0.25) is 0 Å². The first-order valence-corrected chi connectivity index (χ1v) is 11.4. The Labute approximate surface area is 214 Å². The number of thiocarbonyl (C=S) groups is 1. The normalized spacial score (nSPS) is 10.8. The molecule has 0 amide bonds. The van der Waals surface area contributed by atoms with Gasteiger partial charge in [0.05, 0.1) is 39.6 Å². The summed E-state index contributed by atoms with van der Waals surface area (Å²) in [6.07, 6.45) is 3.69. The summed E-state index contributed by atoms with van der Waals surface area (Å²) < 4.78 is 21.7. The van der Waals surface area contributed by atoms with Crippen LogP contribution in [0, 0.1) is 0 Å². The second kappa shape index (κ2) is 11.4. The Morgan fingerprint density at radius 3 is 2.11 bits per heavy atom. The van der Waals surface area contributed by atoms with E-state index in [1.807, 2.05) is 72.8 Å². The Kier molecular flexibility index (Phi) is 7.82. The lowest BCUT2D eigenvalue weighted by molar-refractivity contribution is 0.324. The number of anilines is 2. The summed E-state index contributed by atoms with van der Waals surface area (Å²) >= 11 is 5.56. The molecule has 0 spiro atoms. The molecule has 0 atom stereocenters. The minimum atomic E-state index is 0.378. The molecular weight excluding hydrogens is 476 g/mol. The maximum atomic E-state index is 5.56. The van der Waals surface area contributed by atoms with Crippen LogP contribution in [0.1, 0.15) is 11.4 Å². The number of hydrogen-bond acceptors (Lipinski definition) is 7. The average molecular weight is 503 g/mol. The monoisotopic (exact) mass is 502 g/mol. The van der Waals surface area contributed by atoms with Crippen LogP contribution in [0.4, 0.5) is 11.5 Å². The zero-order chi connectivity index (χ0) is 25.5. The van der Waals surface area contributed by atoms with Gasteiger partial charge in [-0.25, -0.2) is 9.97 Å². The SMILES string of the molecule is COc1ccccc1NC(=S)Nc1nc(/C=C/c2cc(OC)c(OC)c(OC)c2)nc2ccccc12. The van der Waals surface area contributed by atoms with Crippen LogP contribution in [0.15, 0.2) is 60.7 Å². The van der Waals surface area contributed by atoms with E-state index in [4.69, 9.17) is 36.1 Å². The molecule has 36 heavy (non-hydrogen) atoms. The van der Waals surface area contributed by atoms with E-state index in [0.717, 1.165) is 22.2 Å². The van der Waals surface area contributed by atoms with Gasteiger partial charge in [-0.3, -0.25) is 0 Å². The van der Waals surface area contributed by atoms with Crippen LogP contribution in [0.3, 0.4) is 0 Å². The molecule has 0 bridgehead atoms. The van der Waals surface area contributed by atoms with Crippen molar-refractivity contribution in [3.8, 4) is 23.0 Å². The number of methoxy groups -OCH3 is 4.